The molecule has 0 fully saturated rings. The zero-order valence-electron chi connectivity index (χ0n) is 14.7. The average Bonchev–Trinajstić information content (AvgIpc) is 3.33. The third-order valence-electron chi connectivity index (χ3n) is 4.22. The Kier molecular flexibility index (Phi) is 4.48. The fourth-order valence-corrected chi connectivity index (χ4v) is 3.51. The van der Waals surface area contributed by atoms with E-state index in [1.807, 2.05) is 71.6 Å². The molecule has 27 heavy (non-hydrogen) atoms. The number of thiophene rings is 1. The molecular weight excluding hydrogens is 356 g/mol. The van der Waals surface area contributed by atoms with Crippen molar-refractivity contribution in [2.45, 2.75) is 6.92 Å². The third kappa shape index (κ3) is 3.47. The van der Waals surface area contributed by atoms with E-state index in [1.165, 1.54) is 11.3 Å². The van der Waals surface area contributed by atoms with Crippen LogP contribution in [0.25, 0.3) is 16.9 Å². The molecule has 4 aromatic rings. The van der Waals surface area contributed by atoms with Crippen molar-refractivity contribution in [1.82, 2.24) is 9.78 Å². The molecule has 4 rings (SSSR count). The number of rotatable bonds is 4. The van der Waals surface area contributed by atoms with Gasteiger partial charge in [0.05, 0.1) is 21.9 Å². The predicted molar refractivity (Wildman–Crippen MR) is 110 cm³/mol. The van der Waals surface area contributed by atoms with E-state index in [0.29, 0.717) is 16.3 Å². The van der Waals surface area contributed by atoms with Crippen LogP contribution in [0.4, 0.5) is 11.4 Å². The van der Waals surface area contributed by atoms with E-state index in [1.54, 1.807) is 12.1 Å². The molecule has 0 aliphatic heterocycles. The minimum atomic E-state index is -0.140. The van der Waals surface area contributed by atoms with E-state index in [2.05, 4.69) is 5.32 Å². The first-order chi connectivity index (χ1) is 13.1. The first kappa shape index (κ1) is 17.1. The van der Waals surface area contributed by atoms with Crippen molar-refractivity contribution in [3.8, 4) is 16.9 Å². The second kappa shape index (κ2) is 7.09. The number of aryl methyl sites for hydroxylation is 1. The molecule has 134 valence electrons. The standard InChI is InChI=1S/C21H18N4OS/c1-14-12-18(15-6-3-2-4-7-15)24-25(14)19-10-9-16(13-17(19)22)23-21(26)20-8-5-11-27-20/h2-13H,22H2,1H3,(H,23,26). The van der Waals surface area contributed by atoms with E-state index in [-0.39, 0.29) is 5.91 Å². The number of aromatic nitrogens is 2. The highest BCUT2D eigenvalue weighted by atomic mass is 32.1. The maximum atomic E-state index is 12.2. The Hall–Kier alpha value is -3.38. The molecule has 3 N–H and O–H groups in total. The Morgan fingerprint density at radius 1 is 1.07 bits per heavy atom. The van der Waals surface area contributed by atoms with Gasteiger partial charge in [-0.25, -0.2) is 4.68 Å². The molecule has 0 aliphatic carbocycles. The van der Waals surface area contributed by atoms with Crippen molar-refractivity contribution in [1.29, 1.82) is 0 Å². The summed E-state index contributed by atoms with van der Waals surface area (Å²) in [4.78, 5) is 12.9. The Bertz CT molecular complexity index is 1080. The lowest BCUT2D eigenvalue weighted by atomic mass is 10.1. The Balaban J connectivity index is 1.62. The molecule has 2 heterocycles. The number of carbonyl (C=O) groups excluding carboxylic acids is 1. The van der Waals surface area contributed by atoms with E-state index < -0.39 is 0 Å². The number of amides is 1. The van der Waals surface area contributed by atoms with E-state index >= 15 is 0 Å². The maximum Gasteiger partial charge on any atom is 0.265 e. The molecule has 0 unspecified atom stereocenters. The summed E-state index contributed by atoms with van der Waals surface area (Å²) in [6, 6.07) is 21.1. The van der Waals surface area contributed by atoms with Crippen LogP contribution in [-0.4, -0.2) is 15.7 Å². The van der Waals surface area contributed by atoms with Gasteiger partial charge in [-0.3, -0.25) is 4.79 Å². The number of carbonyl (C=O) groups is 1. The number of hydrogen-bond donors (Lipinski definition) is 2. The predicted octanol–water partition coefficient (Wildman–Crippen LogP) is 4.74. The summed E-state index contributed by atoms with van der Waals surface area (Å²) in [6.45, 7) is 1.99. The number of hydrogen-bond acceptors (Lipinski definition) is 4. The normalized spacial score (nSPS) is 10.7. The highest BCUT2D eigenvalue weighted by Gasteiger charge is 2.12. The molecule has 2 aromatic carbocycles. The molecule has 0 bridgehead atoms. The van der Waals surface area contributed by atoms with E-state index in [4.69, 9.17) is 10.8 Å². The van der Waals surface area contributed by atoms with Gasteiger partial charge >= 0.3 is 0 Å². The van der Waals surface area contributed by atoms with Crippen LogP contribution in [0.2, 0.25) is 0 Å². The number of anilines is 2. The molecule has 6 heteroatoms. The van der Waals surface area contributed by atoms with Gasteiger partial charge in [-0.2, -0.15) is 5.10 Å². The van der Waals surface area contributed by atoms with Gasteiger partial charge in [-0.1, -0.05) is 36.4 Å². The fraction of sp³-hybridized carbons (Fsp3) is 0.0476. The van der Waals surface area contributed by atoms with Crippen molar-refractivity contribution in [3.63, 3.8) is 0 Å². The maximum absolute atomic E-state index is 12.2. The Labute approximate surface area is 161 Å². The molecule has 0 radical (unpaired) electrons. The van der Waals surface area contributed by atoms with Crippen LogP contribution in [0.5, 0.6) is 0 Å². The third-order valence-corrected chi connectivity index (χ3v) is 5.08. The zero-order chi connectivity index (χ0) is 18.8. The first-order valence-electron chi connectivity index (χ1n) is 8.48. The van der Waals surface area contributed by atoms with E-state index in [0.717, 1.165) is 22.6 Å². The van der Waals surface area contributed by atoms with Gasteiger partial charge in [0.15, 0.2) is 0 Å². The van der Waals surface area contributed by atoms with Crippen molar-refractivity contribution < 1.29 is 4.79 Å². The molecule has 0 atom stereocenters. The summed E-state index contributed by atoms with van der Waals surface area (Å²) in [5.74, 6) is -0.140. The van der Waals surface area contributed by atoms with Crippen LogP contribution in [0.3, 0.4) is 0 Å². The monoisotopic (exact) mass is 374 g/mol. The van der Waals surface area contributed by atoms with Gasteiger partial charge in [0.2, 0.25) is 0 Å². The lowest BCUT2D eigenvalue weighted by molar-refractivity contribution is 0.103. The van der Waals surface area contributed by atoms with Crippen LogP contribution in [-0.2, 0) is 0 Å². The average molecular weight is 374 g/mol. The van der Waals surface area contributed by atoms with E-state index in [9.17, 15) is 4.79 Å². The molecule has 1 amide bonds. The number of nitrogens with zero attached hydrogens (tertiary/aromatic N) is 2. The smallest absolute Gasteiger partial charge is 0.265 e. The number of nitrogen functional groups attached to an aromatic ring is 1. The lowest BCUT2D eigenvalue weighted by Gasteiger charge is -2.11. The minimum absolute atomic E-state index is 0.140. The molecule has 0 saturated carbocycles. The van der Waals surface area contributed by atoms with Crippen LogP contribution in [0.1, 0.15) is 15.4 Å². The molecule has 5 nitrogen and oxygen atoms in total. The van der Waals surface area contributed by atoms with Gasteiger partial charge in [-0.15, -0.1) is 11.3 Å². The SMILES string of the molecule is Cc1cc(-c2ccccc2)nn1-c1ccc(NC(=O)c2cccs2)cc1N. The highest BCUT2D eigenvalue weighted by Crippen LogP contribution is 2.26. The van der Waals surface area contributed by atoms with Gasteiger partial charge in [-0.05, 0) is 42.6 Å². The zero-order valence-corrected chi connectivity index (χ0v) is 15.5. The van der Waals surface area contributed by atoms with Crippen molar-refractivity contribution >= 4 is 28.6 Å². The van der Waals surface area contributed by atoms with Crippen LogP contribution >= 0.6 is 11.3 Å². The summed E-state index contributed by atoms with van der Waals surface area (Å²) in [7, 11) is 0. The number of nitrogens with two attached hydrogens (primary N) is 1. The topological polar surface area (TPSA) is 72.9 Å². The fourth-order valence-electron chi connectivity index (χ4n) is 2.89. The van der Waals surface area contributed by atoms with Crippen molar-refractivity contribution in [2.24, 2.45) is 0 Å². The Morgan fingerprint density at radius 2 is 1.89 bits per heavy atom. The van der Waals surface area contributed by atoms with Crippen molar-refractivity contribution in [2.75, 3.05) is 11.1 Å². The minimum Gasteiger partial charge on any atom is -0.397 e. The summed E-state index contributed by atoms with van der Waals surface area (Å²) >= 11 is 1.40. The molecule has 0 aliphatic rings. The van der Waals surface area contributed by atoms with Gasteiger partial charge in [0, 0.05) is 16.9 Å². The molecule has 2 aromatic heterocycles. The quantitative estimate of drug-likeness (QED) is 0.507. The van der Waals surface area contributed by atoms with Crippen LogP contribution in [0.15, 0.2) is 72.1 Å². The largest absolute Gasteiger partial charge is 0.397 e. The number of benzene rings is 2. The highest BCUT2D eigenvalue weighted by molar-refractivity contribution is 7.12. The Morgan fingerprint density at radius 3 is 2.59 bits per heavy atom. The molecule has 0 saturated heterocycles. The van der Waals surface area contributed by atoms with Crippen molar-refractivity contribution in [3.05, 3.63) is 82.7 Å². The van der Waals surface area contributed by atoms with Crippen LogP contribution in [0, 0.1) is 6.92 Å². The lowest BCUT2D eigenvalue weighted by Crippen LogP contribution is -2.11. The first-order valence-corrected chi connectivity index (χ1v) is 9.36. The second-order valence-electron chi connectivity index (χ2n) is 6.15. The van der Waals surface area contributed by atoms with Gasteiger partial charge in [0.25, 0.3) is 5.91 Å². The summed E-state index contributed by atoms with van der Waals surface area (Å²) in [5, 5.41) is 9.44. The summed E-state index contributed by atoms with van der Waals surface area (Å²) < 4.78 is 1.82. The van der Waals surface area contributed by atoms with Gasteiger partial charge < -0.3 is 11.1 Å². The summed E-state index contributed by atoms with van der Waals surface area (Å²) in [5.41, 5.74) is 11.2. The van der Waals surface area contributed by atoms with Gasteiger partial charge in [0.1, 0.15) is 0 Å². The second-order valence-corrected chi connectivity index (χ2v) is 7.10. The molecular formula is C21H18N4OS. The summed E-state index contributed by atoms with van der Waals surface area (Å²) in [6.07, 6.45) is 0. The number of nitrogens with one attached hydrogen (secondary N) is 1. The molecule has 0 spiro atoms. The van der Waals surface area contributed by atoms with Crippen LogP contribution < -0.4 is 11.1 Å².